The molecule has 0 unspecified atom stereocenters. The molecule has 0 saturated heterocycles. The van der Waals surface area contributed by atoms with Crippen molar-refractivity contribution in [1.29, 1.82) is 0 Å². The van der Waals surface area contributed by atoms with Crippen molar-refractivity contribution in [2.45, 2.75) is 0 Å². The molecule has 3 heteroatoms. The number of halogens is 1. The Morgan fingerprint density at radius 1 is 1.20 bits per heavy atom. The van der Waals surface area contributed by atoms with Gasteiger partial charge in [-0.3, -0.25) is 0 Å². The molecule has 2 aromatic heterocycles. The van der Waals surface area contributed by atoms with Crippen molar-refractivity contribution in [2.24, 2.45) is 7.05 Å². The molecular formula is C12H11IN2. The molecule has 0 atom stereocenters. The number of nitrogens with one attached hydrogen (secondary N) is 1. The lowest BCUT2D eigenvalue weighted by Gasteiger charge is -1.87. The van der Waals surface area contributed by atoms with Crippen LogP contribution < -0.4 is 28.5 Å². The van der Waals surface area contributed by atoms with Gasteiger partial charge in [0.1, 0.15) is 7.05 Å². The quantitative estimate of drug-likeness (QED) is 0.338. The van der Waals surface area contributed by atoms with Crippen LogP contribution in [0.15, 0.2) is 42.9 Å². The Balaban J connectivity index is 0.00000112. The molecule has 2 aromatic rings. The standard InChI is InChI=1S/C12H10N2.HI/c1-14-9-3-2-4-12(14)6-5-11-7-8-13-10-11;/h2-4,7-10H,1H3;1H. The number of aromatic amines is 1. The van der Waals surface area contributed by atoms with Crippen molar-refractivity contribution in [2.75, 3.05) is 0 Å². The number of aryl methyl sites for hydroxylation is 1. The molecule has 2 nitrogen and oxygen atoms in total. The highest BCUT2D eigenvalue weighted by Crippen LogP contribution is 1.93. The highest BCUT2D eigenvalue weighted by molar-refractivity contribution is 5.36. The molecular weight excluding hydrogens is 299 g/mol. The smallest absolute Gasteiger partial charge is 0.256 e. The Bertz CT molecular complexity index is 478. The predicted octanol–water partition coefficient (Wildman–Crippen LogP) is -1.76. The molecule has 0 saturated carbocycles. The van der Waals surface area contributed by atoms with Crippen molar-refractivity contribution in [3.8, 4) is 11.8 Å². The van der Waals surface area contributed by atoms with Gasteiger partial charge in [0.2, 0.25) is 0 Å². The summed E-state index contributed by atoms with van der Waals surface area (Å²) in [7, 11) is 1.99. The molecule has 0 aliphatic rings. The Hall–Kier alpha value is -1.28. The lowest BCUT2D eigenvalue weighted by Crippen LogP contribution is -3.00. The molecule has 0 bridgehead atoms. The normalized spacial score (nSPS) is 8.60. The summed E-state index contributed by atoms with van der Waals surface area (Å²) >= 11 is 0. The third-order valence-electron chi connectivity index (χ3n) is 1.99. The van der Waals surface area contributed by atoms with Crippen LogP contribution >= 0.6 is 0 Å². The fourth-order valence-electron chi connectivity index (χ4n) is 1.19. The van der Waals surface area contributed by atoms with E-state index in [1.165, 1.54) is 0 Å². The van der Waals surface area contributed by atoms with Crippen molar-refractivity contribution >= 4 is 0 Å². The second kappa shape index (κ2) is 5.56. The Morgan fingerprint density at radius 2 is 2.07 bits per heavy atom. The third-order valence-corrected chi connectivity index (χ3v) is 1.99. The summed E-state index contributed by atoms with van der Waals surface area (Å²) in [5.41, 5.74) is 2.02. The number of hydrogen-bond donors (Lipinski definition) is 1. The zero-order chi connectivity index (χ0) is 9.80. The van der Waals surface area contributed by atoms with Crippen molar-refractivity contribution in [3.05, 3.63) is 54.1 Å². The lowest BCUT2D eigenvalue weighted by molar-refractivity contribution is -0.673. The van der Waals surface area contributed by atoms with E-state index in [1.807, 2.05) is 54.5 Å². The Morgan fingerprint density at radius 3 is 2.73 bits per heavy atom. The van der Waals surface area contributed by atoms with Gasteiger partial charge in [-0.1, -0.05) is 5.92 Å². The average molecular weight is 310 g/mol. The van der Waals surface area contributed by atoms with E-state index in [0.717, 1.165) is 11.3 Å². The molecule has 2 heterocycles. The van der Waals surface area contributed by atoms with E-state index in [2.05, 4.69) is 16.8 Å². The summed E-state index contributed by atoms with van der Waals surface area (Å²) in [5, 5.41) is 0. The van der Waals surface area contributed by atoms with Gasteiger partial charge < -0.3 is 29.0 Å². The third kappa shape index (κ3) is 3.10. The number of aromatic nitrogens is 2. The number of H-pyrrole nitrogens is 1. The van der Waals surface area contributed by atoms with Gasteiger partial charge in [-0.25, -0.2) is 0 Å². The summed E-state index contributed by atoms with van der Waals surface area (Å²) < 4.78 is 2.00. The first kappa shape index (κ1) is 11.8. The minimum absolute atomic E-state index is 0. The SMILES string of the molecule is C[n+]1ccccc1C#Cc1cc[nH]c1.[I-]. The fourth-order valence-corrected chi connectivity index (χ4v) is 1.19. The zero-order valence-corrected chi connectivity index (χ0v) is 10.5. The number of rotatable bonds is 0. The molecule has 15 heavy (non-hydrogen) atoms. The molecule has 0 aromatic carbocycles. The van der Waals surface area contributed by atoms with Crippen molar-refractivity contribution < 1.29 is 28.5 Å². The second-order valence-corrected chi connectivity index (χ2v) is 3.05. The van der Waals surface area contributed by atoms with E-state index < -0.39 is 0 Å². The molecule has 2 rings (SSSR count). The van der Waals surface area contributed by atoms with Crippen LogP contribution in [0.25, 0.3) is 0 Å². The first-order valence-corrected chi connectivity index (χ1v) is 4.46. The van der Waals surface area contributed by atoms with Crippen LogP contribution in [0.3, 0.4) is 0 Å². The summed E-state index contributed by atoms with van der Waals surface area (Å²) in [6.07, 6.45) is 5.74. The first-order chi connectivity index (χ1) is 6.86. The minimum Gasteiger partial charge on any atom is -1.00 e. The Labute approximate surface area is 106 Å². The maximum absolute atomic E-state index is 3.11. The van der Waals surface area contributed by atoms with E-state index in [9.17, 15) is 0 Å². The van der Waals surface area contributed by atoms with Gasteiger partial charge >= 0.3 is 0 Å². The van der Waals surface area contributed by atoms with E-state index >= 15 is 0 Å². The zero-order valence-electron chi connectivity index (χ0n) is 8.37. The van der Waals surface area contributed by atoms with Crippen LogP contribution in [0.1, 0.15) is 11.3 Å². The highest BCUT2D eigenvalue weighted by Gasteiger charge is 1.98. The monoisotopic (exact) mass is 310 g/mol. The summed E-state index contributed by atoms with van der Waals surface area (Å²) in [5.74, 6) is 6.19. The van der Waals surface area contributed by atoms with Gasteiger partial charge in [0.05, 0.1) is 0 Å². The van der Waals surface area contributed by atoms with Crippen LogP contribution in [0.2, 0.25) is 0 Å². The summed E-state index contributed by atoms with van der Waals surface area (Å²) in [6, 6.07) is 7.93. The minimum atomic E-state index is 0. The van der Waals surface area contributed by atoms with Gasteiger partial charge in [0, 0.05) is 36.0 Å². The Kier molecular flexibility index (Phi) is 4.37. The fraction of sp³-hybridized carbons (Fsp3) is 0.0833. The molecule has 0 aliphatic carbocycles. The van der Waals surface area contributed by atoms with E-state index in [4.69, 9.17) is 0 Å². The first-order valence-electron chi connectivity index (χ1n) is 4.46. The number of pyridine rings is 1. The van der Waals surface area contributed by atoms with Crippen LogP contribution in [0.4, 0.5) is 0 Å². The number of hydrogen-bond acceptors (Lipinski definition) is 0. The topological polar surface area (TPSA) is 19.7 Å². The maximum atomic E-state index is 3.11. The molecule has 1 N–H and O–H groups in total. The molecule has 0 spiro atoms. The van der Waals surface area contributed by atoms with Crippen molar-refractivity contribution in [3.63, 3.8) is 0 Å². The summed E-state index contributed by atoms with van der Waals surface area (Å²) in [4.78, 5) is 2.97. The van der Waals surface area contributed by atoms with Crippen LogP contribution in [-0.4, -0.2) is 4.98 Å². The van der Waals surface area contributed by atoms with Gasteiger partial charge in [0.15, 0.2) is 6.20 Å². The van der Waals surface area contributed by atoms with Crippen LogP contribution in [0.5, 0.6) is 0 Å². The molecule has 0 radical (unpaired) electrons. The summed E-state index contributed by atoms with van der Waals surface area (Å²) in [6.45, 7) is 0. The average Bonchev–Trinajstić information content (AvgIpc) is 2.69. The lowest BCUT2D eigenvalue weighted by atomic mass is 10.3. The largest absolute Gasteiger partial charge is 1.00 e. The molecule has 76 valence electrons. The van der Waals surface area contributed by atoms with E-state index in [0.29, 0.717) is 0 Å². The maximum Gasteiger partial charge on any atom is 0.256 e. The van der Waals surface area contributed by atoms with Gasteiger partial charge in [-0.05, 0) is 12.1 Å². The molecule has 0 aliphatic heterocycles. The predicted molar refractivity (Wildman–Crippen MR) is 54.4 cm³/mol. The van der Waals surface area contributed by atoms with E-state index in [-0.39, 0.29) is 24.0 Å². The highest BCUT2D eigenvalue weighted by atomic mass is 127. The second-order valence-electron chi connectivity index (χ2n) is 3.05. The molecule has 0 fully saturated rings. The van der Waals surface area contributed by atoms with Crippen LogP contribution in [0, 0.1) is 11.8 Å². The van der Waals surface area contributed by atoms with Gasteiger partial charge in [0.25, 0.3) is 5.69 Å². The van der Waals surface area contributed by atoms with Gasteiger partial charge in [-0.2, -0.15) is 4.57 Å². The van der Waals surface area contributed by atoms with E-state index in [1.54, 1.807) is 0 Å². The van der Waals surface area contributed by atoms with Crippen LogP contribution in [-0.2, 0) is 7.05 Å². The molecule has 0 amide bonds. The van der Waals surface area contributed by atoms with Crippen molar-refractivity contribution in [1.82, 2.24) is 4.98 Å². The van der Waals surface area contributed by atoms with Gasteiger partial charge in [-0.15, -0.1) is 0 Å². The number of nitrogens with zero attached hydrogens (tertiary/aromatic N) is 1.